The molecular formula is C24H41N3O2. The maximum atomic E-state index is 13.4. The number of hydrogen-bond donors (Lipinski definition) is 2. The minimum Gasteiger partial charge on any atom is -0.354 e. The van der Waals surface area contributed by atoms with Crippen LogP contribution < -0.4 is 10.6 Å². The monoisotopic (exact) mass is 403 g/mol. The normalized spacial score (nSPS) is 34.9. The topological polar surface area (TPSA) is 61.4 Å². The minimum atomic E-state index is -0.412. The molecule has 0 spiro atoms. The van der Waals surface area contributed by atoms with Gasteiger partial charge in [0, 0.05) is 12.0 Å². The van der Waals surface area contributed by atoms with Gasteiger partial charge in [-0.3, -0.25) is 9.59 Å². The Morgan fingerprint density at radius 1 is 0.966 bits per heavy atom. The third kappa shape index (κ3) is 4.81. The van der Waals surface area contributed by atoms with Crippen molar-refractivity contribution in [3.05, 3.63) is 0 Å². The van der Waals surface area contributed by atoms with E-state index in [9.17, 15) is 9.59 Å². The second kappa shape index (κ2) is 8.95. The molecule has 0 aromatic rings. The van der Waals surface area contributed by atoms with E-state index in [1.165, 1.54) is 51.6 Å². The van der Waals surface area contributed by atoms with Crippen molar-refractivity contribution in [3.8, 4) is 0 Å². The number of likely N-dealkylation sites (tertiary alicyclic amines) is 1. The van der Waals surface area contributed by atoms with Crippen LogP contribution in [-0.2, 0) is 9.59 Å². The number of rotatable bonds is 8. The van der Waals surface area contributed by atoms with Crippen molar-refractivity contribution in [2.75, 3.05) is 26.2 Å². The van der Waals surface area contributed by atoms with Gasteiger partial charge in [0.1, 0.15) is 6.04 Å². The molecule has 1 heterocycles. The van der Waals surface area contributed by atoms with Crippen molar-refractivity contribution in [1.82, 2.24) is 15.5 Å². The third-order valence-corrected chi connectivity index (χ3v) is 8.15. The van der Waals surface area contributed by atoms with Gasteiger partial charge in [0.15, 0.2) is 0 Å². The number of piperidine rings is 1. The molecule has 0 aromatic heterocycles. The summed E-state index contributed by atoms with van der Waals surface area (Å²) in [6.07, 6.45) is 12.1. The van der Waals surface area contributed by atoms with Crippen LogP contribution >= 0.6 is 0 Å². The number of carbonyl (C=O) groups is 2. The summed E-state index contributed by atoms with van der Waals surface area (Å²) in [5.41, 5.74) is -0.184. The van der Waals surface area contributed by atoms with E-state index in [-0.39, 0.29) is 23.1 Å². The summed E-state index contributed by atoms with van der Waals surface area (Å²) in [5.74, 6) is 2.50. The van der Waals surface area contributed by atoms with Crippen LogP contribution in [0.3, 0.4) is 0 Å². The van der Waals surface area contributed by atoms with Crippen LogP contribution in [0.25, 0.3) is 0 Å². The Balaban J connectivity index is 1.27. The Morgan fingerprint density at radius 2 is 1.55 bits per heavy atom. The molecule has 5 fully saturated rings. The number of carbonyl (C=O) groups excluding carboxylic acids is 2. The first-order valence-corrected chi connectivity index (χ1v) is 12.3. The summed E-state index contributed by atoms with van der Waals surface area (Å²) in [5, 5.41) is 6.30. The smallest absolute Gasteiger partial charge is 0.242 e. The van der Waals surface area contributed by atoms with E-state index in [0.717, 1.165) is 50.0 Å². The Kier molecular flexibility index (Phi) is 6.53. The fraction of sp³-hybridized carbons (Fsp3) is 0.917. The lowest BCUT2D eigenvalue weighted by Gasteiger charge is -2.55. The van der Waals surface area contributed by atoms with Crippen LogP contribution in [0, 0.1) is 29.1 Å². The van der Waals surface area contributed by atoms with Gasteiger partial charge in [-0.2, -0.15) is 0 Å². The van der Waals surface area contributed by atoms with Gasteiger partial charge in [-0.05, 0) is 101 Å². The van der Waals surface area contributed by atoms with Crippen molar-refractivity contribution in [2.45, 2.75) is 84.1 Å². The summed E-state index contributed by atoms with van der Waals surface area (Å²) in [7, 11) is 0. The van der Waals surface area contributed by atoms with E-state index in [1.54, 1.807) is 0 Å². The summed E-state index contributed by atoms with van der Waals surface area (Å²) < 4.78 is 0. The highest BCUT2D eigenvalue weighted by molar-refractivity contribution is 5.90. The number of amides is 2. The molecular weight excluding hydrogens is 362 g/mol. The van der Waals surface area contributed by atoms with Gasteiger partial charge in [0.2, 0.25) is 11.8 Å². The zero-order valence-electron chi connectivity index (χ0n) is 18.5. The SMILES string of the molecule is CC(C)C(NC(=O)C12CC3CC(CC(C3)C1)C2)C(=O)NCCCN1CCCCC1. The van der Waals surface area contributed by atoms with Crippen molar-refractivity contribution in [2.24, 2.45) is 29.1 Å². The lowest BCUT2D eigenvalue weighted by Crippen LogP contribution is -2.58. The zero-order chi connectivity index (χ0) is 20.4. The van der Waals surface area contributed by atoms with E-state index in [0.29, 0.717) is 6.54 Å². The molecule has 1 unspecified atom stereocenters. The first kappa shape index (κ1) is 21.1. The first-order valence-electron chi connectivity index (χ1n) is 12.3. The van der Waals surface area contributed by atoms with Crippen LogP contribution in [0.5, 0.6) is 0 Å². The van der Waals surface area contributed by atoms with Gasteiger partial charge < -0.3 is 15.5 Å². The van der Waals surface area contributed by atoms with Crippen LogP contribution in [0.15, 0.2) is 0 Å². The van der Waals surface area contributed by atoms with Crippen molar-refractivity contribution < 1.29 is 9.59 Å². The molecule has 29 heavy (non-hydrogen) atoms. The van der Waals surface area contributed by atoms with E-state index >= 15 is 0 Å². The van der Waals surface area contributed by atoms with E-state index < -0.39 is 6.04 Å². The minimum absolute atomic E-state index is 0.00303. The van der Waals surface area contributed by atoms with Gasteiger partial charge in [-0.1, -0.05) is 20.3 Å². The lowest BCUT2D eigenvalue weighted by molar-refractivity contribution is -0.149. The molecule has 5 nitrogen and oxygen atoms in total. The molecule has 5 heteroatoms. The van der Waals surface area contributed by atoms with Gasteiger partial charge in [0.25, 0.3) is 0 Å². The first-order chi connectivity index (χ1) is 13.9. The molecule has 5 rings (SSSR count). The van der Waals surface area contributed by atoms with Crippen LogP contribution in [0.2, 0.25) is 0 Å². The standard InChI is InChI=1S/C24H41N3O2/c1-17(2)21(22(28)25-7-6-10-27-8-4-3-5-9-27)26-23(29)24-14-18-11-19(15-24)13-20(12-18)16-24/h17-21H,3-16H2,1-2H3,(H,25,28)(H,26,29). The van der Waals surface area contributed by atoms with E-state index in [2.05, 4.69) is 15.5 Å². The van der Waals surface area contributed by atoms with Crippen LogP contribution in [0.4, 0.5) is 0 Å². The Bertz CT molecular complexity index is 562. The Labute approximate surface area is 176 Å². The maximum Gasteiger partial charge on any atom is 0.242 e. The summed E-state index contributed by atoms with van der Waals surface area (Å²) >= 11 is 0. The van der Waals surface area contributed by atoms with Gasteiger partial charge in [0.05, 0.1) is 0 Å². The Morgan fingerprint density at radius 3 is 2.10 bits per heavy atom. The van der Waals surface area contributed by atoms with Crippen molar-refractivity contribution in [1.29, 1.82) is 0 Å². The predicted octanol–water partition coefficient (Wildman–Crippen LogP) is 3.34. The van der Waals surface area contributed by atoms with Gasteiger partial charge in [-0.25, -0.2) is 0 Å². The number of hydrogen-bond acceptors (Lipinski definition) is 3. The highest BCUT2D eigenvalue weighted by atomic mass is 16.2. The van der Waals surface area contributed by atoms with Crippen LogP contribution in [-0.4, -0.2) is 48.9 Å². The van der Waals surface area contributed by atoms with Gasteiger partial charge >= 0.3 is 0 Å². The van der Waals surface area contributed by atoms with E-state index in [1.807, 2.05) is 13.8 Å². The number of nitrogens with one attached hydrogen (secondary N) is 2. The summed E-state index contributed by atoms with van der Waals surface area (Å²) in [4.78, 5) is 28.7. The average Bonchev–Trinajstić information content (AvgIpc) is 2.68. The lowest BCUT2D eigenvalue weighted by atomic mass is 9.49. The maximum absolute atomic E-state index is 13.4. The molecule has 1 atom stereocenters. The van der Waals surface area contributed by atoms with Gasteiger partial charge in [-0.15, -0.1) is 0 Å². The van der Waals surface area contributed by atoms with Crippen LogP contribution in [0.1, 0.15) is 78.1 Å². The molecule has 2 N–H and O–H groups in total. The molecule has 2 amide bonds. The molecule has 164 valence electrons. The molecule has 1 aliphatic heterocycles. The molecule has 4 bridgehead atoms. The predicted molar refractivity (Wildman–Crippen MR) is 115 cm³/mol. The quantitative estimate of drug-likeness (QED) is 0.611. The second-order valence-corrected chi connectivity index (χ2v) is 10.9. The fourth-order valence-electron chi connectivity index (χ4n) is 7.03. The molecule has 4 aliphatic carbocycles. The highest BCUT2D eigenvalue weighted by Gasteiger charge is 2.55. The average molecular weight is 404 g/mol. The zero-order valence-corrected chi connectivity index (χ0v) is 18.5. The number of nitrogens with zero attached hydrogens (tertiary/aromatic N) is 1. The second-order valence-electron chi connectivity index (χ2n) is 10.9. The summed E-state index contributed by atoms with van der Waals surface area (Å²) in [6, 6.07) is -0.412. The molecule has 5 aliphatic rings. The Hall–Kier alpha value is -1.10. The fourth-order valence-corrected chi connectivity index (χ4v) is 7.03. The highest BCUT2D eigenvalue weighted by Crippen LogP contribution is 2.60. The summed E-state index contributed by atoms with van der Waals surface area (Å²) in [6.45, 7) is 8.24. The molecule has 0 radical (unpaired) electrons. The van der Waals surface area contributed by atoms with Crippen molar-refractivity contribution >= 4 is 11.8 Å². The van der Waals surface area contributed by atoms with E-state index in [4.69, 9.17) is 0 Å². The molecule has 4 saturated carbocycles. The molecule has 0 aromatic carbocycles. The largest absolute Gasteiger partial charge is 0.354 e. The van der Waals surface area contributed by atoms with Crippen molar-refractivity contribution in [3.63, 3.8) is 0 Å². The molecule has 1 saturated heterocycles. The third-order valence-electron chi connectivity index (χ3n) is 8.15.